The number of thiophene rings is 1. The van der Waals surface area contributed by atoms with Crippen LogP contribution in [0, 0.1) is 0 Å². The summed E-state index contributed by atoms with van der Waals surface area (Å²) in [5, 5.41) is 12.8. The van der Waals surface area contributed by atoms with Crippen LogP contribution in [0.3, 0.4) is 0 Å². The third kappa shape index (κ3) is 3.14. The molecule has 3 heterocycles. The molecule has 4 rings (SSSR count). The zero-order chi connectivity index (χ0) is 19.7. The Balaban J connectivity index is 1.77. The number of fused-ring (bicyclic) bond motifs is 1. The number of hydrogen-bond acceptors (Lipinski definition) is 7. The van der Waals surface area contributed by atoms with Crippen LogP contribution in [0.15, 0.2) is 41.3 Å². The van der Waals surface area contributed by atoms with Gasteiger partial charge in [-0.15, -0.1) is 11.3 Å². The number of carbonyl (C=O) groups is 2. The van der Waals surface area contributed by atoms with Gasteiger partial charge in [0.15, 0.2) is 11.5 Å². The van der Waals surface area contributed by atoms with E-state index in [-0.39, 0.29) is 18.1 Å². The third-order valence-corrected chi connectivity index (χ3v) is 5.67. The minimum absolute atomic E-state index is 0.0868. The number of aliphatic hydroxyl groups is 1. The highest BCUT2D eigenvalue weighted by atomic mass is 32.1. The summed E-state index contributed by atoms with van der Waals surface area (Å²) in [6.07, 6.45) is 0.593. The Morgan fingerprint density at radius 3 is 2.86 bits per heavy atom. The first-order valence-electron chi connectivity index (χ1n) is 8.82. The molecule has 1 aromatic heterocycles. The molecule has 0 aliphatic carbocycles. The minimum Gasteiger partial charge on any atom is -0.507 e. The van der Waals surface area contributed by atoms with Gasteiger partial charge in [0.1, 0.15) is 5.76 Å². The van der Waals surface area contributed by atoms with Crippen molar-refractivity contribution in [1.29, 1.82) is 0 Å². The molecular weight excluding hydrogens is 382 g/mol. The van der Waals surface area contributed by atoms with E-state index in [1.165, 1.54) is 16.2 Å². The lowest BCUT2D eigenvalue weighted by Gasteiger charge is -2.23. The van der Waals surface area contributed by atoms with Gasteiger partial charge in [-0.05, 0) is 36.1 Å². The third-order valence-electron chi connectivity index (χ3n) is 4.75. The van der Waals surface area contributed by atoms with Crippen LogP contribution in [0.5, 0.6) is 11.5 Å². The zero-order valence-electron chi connectivity index (χ0n) is 15.2. The number of carbonyl (C=O) groups excluding carboxylic acids is 2. The molecule has 0 bridgehead atoms. The van der Waals surface area contributed by atoms with Crippen molar-refractivity contribution in [2.24, 2.45) is 0 Å². The van der Waals surface area contributed by atoms with Crippen LogP contribution in [-0.2, 0) is 14.3 Å². The number of aliphatic hydroxyl groups excluding tert-OH is 1. The van der Waals surface area contributed by atoms with Gasteiger partial charge >= 0.3 is 0 Å². The fourth-order valence-corrected chi connectivity index (χ4v) is 4.28. The molecule has 8 heteroatoms. The summed E-state index contributed by atoms with van der Waals surface area (Å²) in [5.41, 5.74) is 0.490. The number of nitrogens with zero attached hydrogens (tertiary/aromatic N) is 1. The highest BCUT2D eigenvalue weighted by Gasteiger charge is 2.46. The van der Waals surface area contributed by atoms with Gasteiger partial charge in [-0.3, -0.25) is 9.59 Å². The van der Waals surface area contributed by atoms with E-state index in [0.29, 0.717) is 36.6 Å². The molecule has 1 fully saturated rings. The lowest BCUT2D eigenvalue weighted by molar-refractivity contribution is -0.140. The fraction of sp³-hybridized carbons (Fsp3) is 0.300. The summed E-state index contributed by atoms with van der Waals surface area (Å²) in [4.78, 5) is 27.8. The zero-order valence-corrected chi connectivity index (χ0v) is 16.0. The second-order valence-corrected chi connectivity index (χ2v) is 7.40. The molecule has 1 amide bonds. The Labute approximate surface area is 165 Å². The predicted octanol–water partition coefficient (Wildman–Crippen LogP) is 2.94. The summed E-state index contributed by atoms with van der Waals surface area (Å²) in [5.74, 6) is -0.454. The van der Waals surface area contributed by atoms with Gasteiger partial charge in [-0.25, -0.2) is 0 Å². The topological polar surface area (TPSA) is 85.3 Å². The van der Waals surface area contributed by atoms with Gasteiger partial charge in [0.05, 0.1) is 11.6 Å². The number of amides is 1. The summed E-state index contributed by atoms with van der Waals surface area (Å²) in [6.45, 7) is 0.944. The maximum Gasteiger partial charge on any atom is 0.295 e. The van der Waals surface area contributed by atoms with Crippen LogP contribution in [0.2, 0.25) is 0 Å². The lowest BCUT2D eigenvalue weighted by atomic mass is 9.99. The summed E-state index contributed by atoms with van der Waals surface area (Å²) in [6, 6.07) is 8.02. The molecule has 0 radical (unpaired) electrons. The van der Waals surface area contributed by atoms with E-state index >= 15 is 0 Å². The number of rotatable bonds is 6. The molecule has 2 aliphatic heterocycles. The Morgan fingerprint density at radius 1 is 1.29 bits per heavy atom. The van der Waals surface area contributed by atoms with Crippen LogP contribution >= 0.6 is 11.3 Å². The fourth-order valence-electron chi connectivity index (χ4n) is 3.43. The van der Waals surface area contributed by atoms with Gasteiger partial charge in [0.2, 0.25) is 6.79 Å². The summed E-state index contributed by atoms with van der Waals surface area (Å²) in [7, 11) is 1.59. The van der Waals surface area contributed by atoms with E-state index in [9.17, 15) is 14.7 Å². The molecule has 1 aromatic carbocycles. The van der Waals surface area contributed by atoms with Crippen molar-refractivity contribution in [2.75, 3.05) is 27.1 Å². The molecule has 1 atom stereocenters. The van der Waals surface area contributed by atoms with E-state index in [0.717, 1.165) is 4.88 Å². The van der Waals surface area contributed by atoms with E-state index < -0.39 is 17.7 Å². The van der Waals surface area contributed by atoms with Gasteiger partial charge in [0, 0.05) is 30.7 Å². The molecular formula is C20H19NO6S. The van der Waals surface area contributed by atoms with Crippen molar-refractivity contribution < 1.29 is 28.9 Å². The van der Waals surface area contributed by atoms with Gasteiger partial charge in [0.25, 0.3) is 11.7 Å². The second kappa shape index (κ2) is 7.65. The van der Waals surface area contributed by atoms with Gasteiger partial charge in [-0.1, -0.05) is 6.07 Å². The second-order valence-electron chi connectivity index (χ2n) is 6.42. The minimum atomic E-state index is -0.689. The molecule has 28 heavy (non-hydrogen) atoms. The van der Waals surface area contributed by atoms with Gasteiger partial charge < -0.3 is 24.2 Å². The highest BCUT2D eigenvalue weighted by Crippen LogP contribution is 2.42. The van der Waals surface area contributed by atoms with Crippen LogP contribution in [0.1, 0.15) is 22.9 Å². The number of ketones is 1. The van der Waals surface area contributed by atoms with E-state index in [2.05, 4.69) is 0 Å². The molecule has 1 unspecified atom stereocenters. The smallest absolute Gasteiger partial charge is 0.295 e. The molecule has 1 saturated heterocycles. The number of hydrogen-bond donors (Lipinski definition) is 1. The molecule has 2 aromatic rings. The Morgan fingerprint density at radius 2 is 2.11 bits per heavy atom. The Bertz CT molecular complexity index is 936. The standard InChI is InChI=1S/C20H19NO6S/c1-25-8-3-7-21-17(15-4-2-9-28-15)16(19(23)20(21)24)18(22)12-5-6-13-14(10-12)27-11-26-13/h2,4-6,9-10,17,22H,3,7-8,11H2,1H3/b18-16-. The maximum absolute atomic E-state index is 12.8. The largest absolute Gasteiger partial charge is 0.507 e. The van der Waals surface area contributed by atoms with E-state index in [1.807, 2.05) is 17.5 Å². The summed E-state index contributed by atoms with van der Waals surface area (Å²) >= 11 is 1.44. The van der Waals surface area contributed by atoms with Crippen LogP contribution in [0.4, 0.5) is 0 Å². The average molecular weight is 401 g/mol. The van der Waals surface area contributed by atoms with Crippen molar-refractivity contribution in [3.8, 4) is 11.5 Å². The predicted molar refractivity (Wildman–Crippen MR) is 102 cm³/mol. The first-order chi connectivity index (χ1) is 13.6. The van der Waals surface area contributed by atoms with E-state index in [4.69, 9.17) is 14.2 Å². The van der Waals surface area contributed by atoms with Crippen LogP contribution in [-0.4, -0.2) is 48.8 Å². The highest BCUT2D eigenvalue weighted by molar-refractivity contribution is 7.10. The lowest BCUT2D eigenvalue weighted by Crippen LogP contribution is -2.31. The van der Waals surface area contributed by atoms with Crippen molar-refractivity contribution >= 4 is 28.8 Å². The molecule has 1 N–H and O–H groups in total. The van der Waals surface area contributed by atoms with E-state index in [1.54, 1.807) is 25.3 Å². The molecule has 2 aliphatic rings. The monoisotopic (exact) mass is 401 g/mol. The molecule has 0 saturated carbocycles. The average Bonchev–Trinajstić information content (AvgIpc) is 3.43. The molecule has 7 nitrogen and oxygen atoms in total. The van der Waals surface area contributed by atoms with Crippen molar-refractivity contribution in [3.63, 3.8) is 0 Å². The number of benzene rings is 1. The SMILES string of the molecule is COCCCN1C(=O)C(=O)/C(=C(\O)c2ccc3c(c2)OCO3)C1c1cccs1. The summed E-state index contributed by atoms with van der Waals surface area (Å²) < 4.78 is 15.7. The normalized spacial score (nSPS) is 20.2. The Kier molecular flexibility index (Phi) is 5.06. The van der Waals surface area contributed by atoms with Crippen LogP contribution < -0.4 is 9.47 Å². The number of methoxy groups -OCH3 is 1. The number of Topliss-reactive ketones (excluding diaryl/α,β-unsaturated/α-hetero) is 1. The van der Waals surface area contributed by atoms with Crippen molar-refractivity contribution in [1.82, 2.24) is 4.90 Å². The maximum atomic E-state index is 12.8. The first kappa shape index (κ1) is 18.5. The van der Waals surface area contributed by atoms with Crippen molar-refractivity contribution in [3.05, 3.63) is 51.7 Å². The van der Waals surface area contributed by atoms with Crippen LogP contribution in [0.25, 0.3) is 5.76 Å². The molecule has 146 valence electrons. The van der Waals surface area contributed by atoms with Gasteiger partial charge in [-0.2, -0.15) is 0 Å². The first-order valence-corrected chi connectivity index (χ1v) is 9.70. The Hall–Kier alpha value is -2.84. The number of ether oxygens (including phenoxy) is 3. The number of likely N-dealkylation sites (tertiary alicyclic amines) is 1. The molecule has 0 spiro atoms. The van der Waals surface area contributed by atoms with Crippen molar-refractivity contribution in [2.45, 2.75) is 12.5 Å². The quantitative estimate of drug-likeness (QED) is 0.347.